The lowest BCUT2D eigenvalue weighted by Crippen LogP contribution is -2.46. The van der Waals surface area contributed by atoms with Gasteiger partial charge in [-0.3, -0.25) is 4.79 Å². The lowest BCUT2D eigenvalue weighted by Gasteiger charge is -2.36. The Kier molecular flexibility index (Phi) is 6.39. The number of anilines is 1. The minimum Gasteiger partial charge on any atom is -0.347 e. The highest BCUT2D eigenvalue weighted by Gasteiger charge is 2.39. The second-order valence-electron chi connectivity index (χ2n) is 10.0. The number of carbonyl (C=O) groups excluding carboxylic acids is 1. The van der Waals surface area contributed by atoms with Crippen molar-refractivity contribution in [2.24, 2.45) is 5.92 Å². The number of nitrogens with zero attached hydrogens (tertiary/aromatic N) is 4. The highest BCUT2D eigenvalue weighted by Crippen LogP contribution is 2.35. The average molecular weight is 507 g/mol. The van der Waals surface area contributed by atoms with Gasteiger partial charge in [-0.05, 0) is 56.2 Å². The Labute approximate surface area is 204 Å². The summed E-state index contributed by atoms with van der Waals surface area (Å²) in [6.07, 6.45) is 4.09. The quantitative estimate of drug-likeness (QED) is 0.568. The van der Waals surface area contributed by atoms with Gasteiger partial charge in [0.05, 0.1) is 10.1 Å². The zero-order valence-corrected chi connectivity index (χ0v) is 21.2. The van der Waals surface area contributed by atoms with Gasteiger partial charge in [0.1, 0.15) is 11.6 Å². The highest BCUT2D eigenvalue weighted by molar-refractivity contribution is 7.92. The number of amides is 1. The maximum Gasteiger partial charge on any atom is 0.226 e. The lowest BCUT2D eigenvalue weighted by atomic mass is 9.97. The summed E-state index contributed by atoms with van der Waals surface area (Å²) < 4.78 is 44.0. The van der Waals surface area contributed by atoms with Crippen molar-refractivity contribution < 1.29 is 17.6 Å². The van der Waals surface area contributed by atoms with Crippen molar-refractivity contribution in [2.45, 2.75) is 74.5 Å². The molecule has 0 unspecified atom stereocenters. The summed E-state index contributed by atoms with van der Waals surface area (Å²) in [4.78, 5) is 22.1. The topological polar surface area (TPSA) is 83.5 Å². The van der Waals surface area contributed by atoms with E-state index in [1.165, 1.54) is 17.6 Å². The number of hydrogen-bond donors (Lipinski definition) is 0. The van der Waals surface area contributed by atoms with Crippen LogP contribution in [0.5, 0.6) is 0 Å². The first kappa shape index (κ1) is 23.7. The van der Waals surface area contributed by atoms with E-state index in [4.69, 9.17) is 0 Å². The molecule has 1 atom stereocenters. The van der Waals surface area contributed by atoms with Gasteiger partial charge in [0.2, 0.25) is 11.0 Å². The summed E-state index contributed by atoms with van der Waals surface area (Å²) in [5.41, 5.74) is 0.419. The van der Waals surface area contributed by atoms with Crippen LogP contribution in [-0.4, -0.2) is 59.5 Å². The number of rotatable bonds is 7. The van der Waals surface area contributed by atoms with Crippen LogP contribution in [0, 0.1) is 11.7 Å². The Morgan fingerprint density at radius 1 is 1.12 bits per heavy atom. The van der Waals surface area contributed by atoms with Crippen LogP contribution in [0.3, 0.4) is 0 Å². The fraction of sp³-hybridized carbons (Fsp3) is 0.625. The van der Waals surface area contributed by atoms with E-state index in [-0.39, 0.29) is 28.0 Å². The summed E-state index contributed by atoms with van der Waals surface area (Å²) in [5, 5.41) is 0.591. The van der Waals surface area contributed by atoms with Crippen molar-refractivity contribution in [3.05, 3.63) is 35.4 Å². The maximum atomic E-state index is 14.7. The molecule has 34 heavy (non-hydrogen) atoms. The number of halogens is 1. The van der Waals surface area contributed by atoms with Gasteiger partial charge < -0.3 is 9.80 Å². The molecule has 1 aliphatic carbocycles. The Morgan fingerprint density at radius 2 is 1.85 bits per heavy atom. The van der Waals surface area contributed by atoms with E-state index in [0.717, 1.165) is 43.0 Å². The Balaban J connectivity index is 1.18. The van der Waals surface area contributed by atoms with E-state index >= 15 is 0 Å². The lowest BCUT2D eigenvalue weighted by molar-refractivity contribution is -0.133. The molecule has 0 N–H and O–H groups in total. The van der Waals surface area contributed by atoms with Gasteiger partial charge in [0.15, 0.2) is 9.84 Å². The van der Waals surface area contributed by atoms with Gasteiger partial charge in [0, 0.05) is 49.0 Å². The molecule has 1 amide bonds. The van der Waals surface area contributed by atoms with Crippen molar-refractivity contribution in [1.29, 1.82) is 0 Å². The summed E-state index contributed by atoms with van der Waals surface area (Å²) in [6.45, 7) is 6.56. The van der Waals surface area contributed by atoms with Crippen molar-refractivity contribution >= 4 is 32.4 Å². The second kappa shape index (κ2) is 9.18. The Morgan fingerprint density at radius 3 is 2.47 bits per heavy atom. The normalized spacial score (nSPS) is 22.2. The van der Waals surface area contributed by atoms with E-state index in [0.29, 0.717) is 43.7 Å². The zero-order valence-electron chi connectivity index (χ0n) is 19.6. The van der Waals surface area contributed by atoms with Crippen LogP contribution in [0.1, 0.15) is 63.3 Å². The Bertz CT molecular complexity index is 1170. The third kappa shape index (κ3) is 4.58. The minimum absolute atomic E-state index is 0.0540. The van der Waals surface area contributed by atoms with Crippen LogP contribution in [0.4, 0.5) is 9.52 Å². The van der Waals surface area contributed by atoms with Gasteiger partial charge in [-0.1, -0.05) is 19.9 Å². The predicted molar refractivity (Wildman–Crippen MR) is 129 cm³/mol. The van der Waals surface area contributed by atoms with E-state index in [1.807, 2.05) is 4.90 Å². The first-order valence-corrected chi connectivity index (χ1v) is 14.5. The van der Waals surface area contributed by atoms with E-state index in [9.17, 15) is 17.6 Å². The van der Waals surface area contributed by atoms with Gasteiger partial charge in [-0.25, -0.2) is 17.8 Å². The van der Waals surface area contributed by atoms with Crippen LogP contribution < -0.4 is 4.90 Å². The smallest absolute Gasteiger partial charge is 0.226 e. The minimum atomic E-state index is -3.42. The molecule has 0 spiro atoms. The molecule has 0 bridgehead atoms. The van der Waals surface area contributed by atoms with Crippen molar-refractivity contribution in [3.63, 3.8) is 0 Å². The summed E-state index contributed by atoms with van der Waals surface area (Å²) in [5.74, 6) is 0.496. The van der Waals surface area contributed by atoms with Crippen LogP contribution in [0.2, 0.25) is 0 Å². The molecule has 2 saturated heterocycles. The van der Waals surface area contributed by atoms with Gasteiger partial charge >= 0.3 is 0 Å². The predicted octanol–water partition coefficient (Wildman–Crippen LogP) is 3.80. The number of likely N-dealkylation sites (tertiary alicyclic amines) is 1. The molecule has 0 radical (unpaired) electrons. The first-order valence-electron chi connectivity index (χ1n) is 12.2. The second-order valence-corrected chi connectivity index (χ2v) is 13.0. The van der Waals surface area contributed by atoms with Crippen LogP contribution in [0.15, 0.2) is 23.1 Å². The number of hydrogen-bond acceptors (Lipinski definition) is 7. The summed E-state index contributed by atoms with van der Waals surface area (Å²) >= 11 is 1.44. The molecule has 3 fully saturated rings. The Hall–Kier alpha value is -2.07. The third-order valence-electron chi connectivity index (χ3n) is 7.26. The van der Waals surface area contributed by atoms with Crippen LogP contribution in [-0.2, 0) is 21.1 Å². The van der Waals surface area contributed by atoms with E-state index < -0.39 is 15.7 Å². The monoisotopic (exact) mass is 506 g/mol. The largest absolute Gasteiger partial charge is 0.347 e. The van der Waals surface area contributed by atoms with E-state index in [1.54, 1.807) is 6.07 Å². The zero-order chi connectivity index (χ0) is 24.0. The fourth-order valence-electron chi connectivity index (χ4n) is 4.98. The SMILES string of the molecule is CC(C)c1nsc(N2CCC(N3CC[C@H](Cc4ccc(S(=O)(=O)C5CC5)cc4F)C3=O)CC2)n1. The number of benzene rings is 1. The summed E-state index contributed by atoms with van der Waals surface area (Å²) in [7, 11) is -3.42. The molecular weight excluding hydrogens is 475 g/mol. The van der Waals surface area contributed by atoms with Crippen molar-refractivity contribution in [1.82, 2.24) is 14.3 Å². The molecule has 3 heterocycles. The molecule has 1 saturated carbocycles. The molecule has 3 aliphatic rings. The number of sulfone groups is 1. The van der Waals surface area contributed by atoms with Gasteiger partial charge in [-0.15, -0.1) is 0 Å². The summed E-state index contributed by atoms with van der Waals surface area (Å²) in [6, 6.07) is 4.37. The van der Waals surface area contributed by atoms with Crippen molar-refractivity contribution in [3.8, 4) is 0 Å². The molecule has 1 aromatic carbocycles. The standard InChI is InChI=1S/C24H31FN4O3S2/c1-15(2)22-26-24(33-27-22)28-10-8-18(9-11-28)29-12-7-17(23(29)30)13-16-3-4-20(14-21(16)25)34(31,32)19-5-6-19/h3-4,14-15,17-19H,5-13H2,1-2H3/t17-/m1/s1. The molecule has 5 rings (SSSR count). The number of aromatic nitrogens is 2. The van der Waals surface area contributed by atoms with Crippen LogP contribution in [0.25, 0.3) is 0 Å². The molecule has 1 aromatic heterocycles. The molecule has 7 nitrogen and oxygen atoms in total. The fourth-order valence-corrected chi connectivity index (χ4v) is 7.51. The third-order valence-corrected chi connectivity index (χ3v) is 10.3. The van der Waals surface area contributed by atoms with Crippen molar-refractivity contribution in [2.75, 3.05) is 24.5 Å². The average Bonchev–Trinajstić information content (AvgIpc) is 3.46. The van der Waals surface area contributed by atoms with Gasteiger partial charge in [-0.2, -0.15) is 4.37 Å². The molecule has 184 valence electrons. The highest BCUT2D eigenvalue weighted by atomic mass is 32.2. The number of carbonyl (C=O) groups is 1. The molecule has 2 aliphatic heterocycles. The van der Waals surface area contributed by atoms with Gasteiger partial charge in [0.25, 0.3) is 0 Å². The molecule has 10 heteroatoms. The number of piperidine rings is 1. The molecular formula is C24H31FN4O3S2. The van der Waals surface area contributed by atoms with E-state index in [2.05, 4.69) is 28.1 Å². The maximum absolute atomic E-state index is 14.7. The van der Waals surface area contributed by atoms with Crippen LogP contribution >= 0.6 is 11.5 Å². The molecule has 2 aromatic rings. The first-order chi connectivity index (χ1) is 16.2.